The first kappa shape index (κ1) is 29.6. The first-order chi connectivity index (χ1) is 26.3. The van der Waals surface area contributed by atoms with Gasteiger partial charge in [-0.1, -0.05) is 146 Å². The average molecular weight is 678 g/mol. The van der Waals surface area contributed by atoms with Crippen LogP contribution in [0.25, 0.3) is 87.7 Å². The van der Waals surface area contributed by atoms with E-state index in [1.165, 1.54) is 27.3 Å². The van der Waals surface area contributed by atoms with E-state index in [-0.39, 0.29) is 0 Å². The molecular formula is C50H31NO2. The van der Waals surface area contributed by atoms with Gasteiger partial charge in [-0.15, -0.1) is 0 Å². The number of para-hydroxylation sites is 2. The lowest BCUT2D eigenvalue weighted by molar-refractivity contribution is 0.669. The van der Waals surface area contributed by atoms with E-state index in [9.17, 15) is 0 Å². The largest absolute Gasteiger partial charge is 0.456 e. The van der Waals surface area contributed by atoms with Crippen molar-refractivity contribution in [3.63, 3.8) is 0 Å². The predicted octanol–water partition coefficient (Wildman–Crippen LogP) is 14.6. The van der Waals surface area contributed by atoms with Crippen LogP contribution in [0.1, 0.15) is 0 Å². The highest BCUT2D eigenvalue weighted by atomic mass is 16.3. The molecule has 0 aliphatic carbocycles. The van der Waals surface area contributed by atoms with E-state index in [4.69, 9.17) is 8.83 Å². The van der Waals surface area contributed by atoms with Crippen LogP contribution < -0.4 is 4.90 Å². The van der Waals surface area contributed by atoms with Crippen LogP contribution in [-0.2, 0) is 0 Å². The Morgan fingerprint density at radius 1 is 0.302 bits per heavy atom. The van der Waals surface area contributed by atoms with Crippen LogP contribution in [0.2, 0.25) is 0 Å². The van der Waals surface area contributed by atoms with Crippen LogP contribution in [0.5, 0.6) is 0 Å². The molecule has 3 nitrogen and oxygen atoms in total. The zero-order chi connectivity index (χ0) is 34.9. The van der Waals surface area contributed by atoms with E-state index in [2.05, 4.69) is 175 Å². The summed E-state index contributed by atoms with van der Waals surface area (Å²) in [6.07, 6.45) is 0. The van der Waals surface area contributed by atoms with Crippen LogP contribution >= 0.6 is 0 Å². The van der Waals surface area contributed by atoms with E-state index < -0.39 is 0 Å². The van der Waals surface area contributed by atoms with Crippen molar-refractivity contribution < 1.29 is 8.83 Å². The monoisotopic (exact) mass is 677 g/mol. The highest BCUT2D eigenvalue weighted by Crippen LogP contribution is 2.50. The summed E-state index contributed by atoms with van der Waals surface area (Å²) in [5, 5.41) is 9.10. The standard InChI is InChI=1S/C50H31NO2/c1-2-12-32(13-3-1)33-24-26-35(27-25-33)37-30-31-44(49-41-17-7-9-22-46(41)53-50(37)49)51(43-20-11-23-47-48(43)40-16-6-8-21-45(40)52-47)42-19-10-18-38-36-15-5-4-14-34(36)28-29-39(38)42/h1-31H. The number of rotatable bonds is 5. The molecule has 53 heavy (non-hydrogen) atoms. The molecule has 2 heterocycles. The van der Waals surface area contributed by atoms with Crippen molar-refractivity contribution in [3.8, 4) is 22.3 Å². The fourth-order valence-corrected chi connectivity index (χ4v) is 8.25. The van der Waals surface area contributed by atoms with Crippen molar-refractivity contribution in [2.24, 2.45) is 0 Å². The molecule has 0 spiro atoms. The third-order valence-electron chi connectivity index (χ3n) is 10.7. The Bertz CT molecular complexity index is 3170. The second-order valence-electron chi connectivity index (χ2n) is 13.6. The Morgan fingerprint density at radius 2 is 0.887 bits per heavy atom. The molecule has 0 fully saturated rings. The molecule has 0 unspecified atom stereocenters. The van der Waals surface area contributed by atoms with Crippen molar-refractivity contribution in [1.29, 1.82) is 0 Å². The summed E-state index contributed by atoms with van der Waals surface area (Å²) in [4.78, 5) is 2.42. The van der Waals surface area contributed by atoms with E-state index >= 15 is 0 Å². The van der Waals surface area contributed by atoms with Gasteiger partial charge in [-0.2, -0.15) is 0 Å². The molecule has 0 radical (unpaired) electrons. The second kappa shape index (κ2) is 11.7. The van der Waals surface area contributed by atoms with Crippen molar-refractivity contribution >= 4 is 82.5 Å². The summed E-state index contributed by atoms with van der Waals surface area (Å²) >= 11 is 0. The van der Waals surface area contributed by atoms with Crippen LogP contribution in [-0.4, -0.2) is 0 Å². The van der Waals surface area contributed by atoms with E-state index in [1.54, 1.807) is 0 Å². The maximum atomic E-state index is 6.86. The number of hydrogen-bond donors (Lipinski definition) is 0. The minimum absolute atomic E-state index is 0.850. The molecule has 2 aromatic heterocycles. The van der Waals surface area contributed by atoms with Gasteiger partial charge in [-0.25, -0.2) is 0 Å². The third-order valence-corrected chi connectivity index (χ3v) is 10.7. The summed E-state index contributed by atoms with van der Waals surface area (Å²) in [5.41, 5.74) is 11.1. The molecule has 11 rings (SSSR count). The van der Waals surface area contributed by atoms with Gasteiger partial charge >= 0.3 is 0 Å². The highest BCUT2D eigenvalue weighted by Gasteiger charge is 2.26. The van der Waals surface area contributed by atoms with Crippen LogP contribution in [0.15, 0.2) is 197 Å². The molecule has 0 saturated carbocycles. The van der Waals surface area contributed by atoms with Gasteiger partial charge in [-0.3, -0.25) is 0 Å². The fourth-order valence-electron chi connectivity index (χ4n) is 8.25. The number of hydrogen-bond acceptors (Lipinski definition) is 3. The third kappa shape index (κ3) is 4.61. The molecule has 0 bridgehead atoms. The van der Waals surface area contributed by atoms with Gasteiger partial charge in [0.25, 0.3) is 0 Å². The number of nitrogens with zero attached hydrogens (tertiary/aromatic N) is 1. The lowest BCUT2D eigenvalue weighted by Gasteiger charge is -2.28. The number of benzene rings is 9. The average Bonchev–Trinajstić information content (AvgIpc) is 3.81. The van der Waals surface area contributed by atoms with Gasteiger partial charge in [0.05, 0.1) is 27.8 Å². The predicted molar refractivity (Wildman–Crippen MR) is 222 cm³/mol. The normalized spacial score (nSPS) is 11.8. The van der Waals surface area contributed by atoms with Gasteiger partial charge in [0.1, 0.15) is 22.3 Å². The first-order valence-corrected chi connectivity index (χ1v) is 18.0. The van der Waals surface area contributed by atoms with Crippen molar-refractivity contribution in [1.82, 2.24) is 0 Å². The number of anilines is 3. The molecule has 0 aliphatic rings. The molecule has 9 aromatic carbocycles. The van der Waals surface area contributed by atoms with Gasteiger partial charge < -0.3 is 13.7 Å². The Labute approximate surface area is 305 Å². The molecule has 11 aromatic rings. The molecule has 3 heteroatoms. The minimum atomic E-state index is 0.850. The SMILES string of the molecule is c1ccc(-c2ccc(-c3ccc(N(c4cccc5c4ccc4ccccc45)c4cccc5oc6ccccc6c45)c4c3oc3ccccc34)cc2)cc1. The van der Waals surface area contributed by atoms with Gasteiger partial charge in [0.2, 0.25) is 0 Å². The zero-order valence-corrected chi connectivity index (χ0v) is 28.7. The molecule has 248 valence electrons. The zero-order valence-electron chi connectivity index (χ0n) is 28.7. The summed E-state index contributed by atoms with van der Waals surface area (Å²) in [7, 11) is 0. The Morgan fingerprint density at radius 3 is 1.72 bits per heavy atom. The smallest absolute Gasteiger partial charge is 0.145 e. The molecule has 0 N–H and O–H groups in total. The molecular weight excluding hydrogens is 647 g/mol. The summed E-state index contributed by atoms with van der Waals surface area (Å²) < 4.78 is 13.3. The van der Waals surface area contributed by atoms with Gasteiger partial charge in [-0.05, 0) is 75.3 Å². The van der Waals surface area contributed by atoms with E-state index in [0.717, 1.165) is 77.5 Å². The topological polar surface area (TPSA) is 29.5 Å². The maximum Gasteiger partial charge on any atom is 0.145 e. The van der Waals surface area contributed by atoms with Gasteiger partial charge in [0.15, 0.2) is 0 Å². The molecule has 0 atom stereocenters. The summed E-state index contributed by atoms with van der Waals surface area (Å²) in [6, 6.07) is 66.7. The Balaban J connectivity index is 1.23. The van der Waals surface area contributed by atoms with Crippen LogP contribution in [0.4, 0.5) is 17.1 Å². The van der Waals surface area contributed by atoms with E-state index in [1.807, 2.05) is 18.2 Å². The number of fused-ring (bicyclic) bond motifs is 9. The second-order valence-corrected chi connectivity index (χ2v) is 13.6. The number of furan rings is 2. The quantitative estimate of drug-likeness (QED) is 0.170. The van der Waals surface area contributed by atoms with Crippen molar-refractivity contribution in [2.45, 2.75) is 0 Å². The summed E-state index contributed by atoms with van der Waals surface area (Å²) in [6.45, 7) is 0. The maximum absolute atomic E-state index is 6.86. The molecule has 0 saturated heterocycles. The lowest BCUT2D eigenvalue weighted by atomic mass is 9.96. The van der Waals surface area contributed by atoms with E-state index in [0.29, 0.717) is 0 Å². The first-order valence-electron chi connectivity index (χ1n) is 18.0. The molecule has 0 amide bonds. The van der Waals surface area contributed by atoms with Crippen LogP contribution in [0, 0.1) is 0 Å². The van der Waals surface area contributed by atoms with Crippen molar-refractivity contribution in [2.75, 3.05) is 4.90 Å². The minimum Gasteiger partial charge on any atom is -0.456 e. The summed E-state index contributed by atoms with van der Waals surface area (Å²) in [5.74, 6) is 0. The Hall–Kier alpha value is -7.10. The molecule has 0 aliphatic heterocycles. The Kier molecular flexibility index (Phi) is 6.55. The van der Waals surface area contributed by atoms with Crippen LogP contribution in [0.3, 0.4) is 0 Å². The van der Waals surface area contributed by atoms with Gasteiger partial charge in [0, 0.05) is 21.7 Å². The lowest BCUT2D eigenvalue weighted by Crippen LogP contribution is -2.11. The van der Waals surface area contributed by atoms with Crippen molar-refractivity contribution in [3.05, 3.63) is 188 Å². The fraction of sp³-hybridized carbons (Fsp3) is 0. The highest BCUT2D eigenvalue weighted by molar-refractivity contribution is 6.22.